The standard InChI is InChI=1S/C9H7F6N.ClH/c10-8(11,12)6-1-2-7(9(13,14)15)5(3-6)4-16;/h1-3H,4,16H2;1H. The van der Waals surface area contributed by atoms with Crippen molar-refractivity contribution in [1.82, 2.24) is 0 Å². The zero-order valence-electron chi connectivity index (χ0n) is 8.19. The minimum Gasteiger partial charge on any atom is -0.326 e. The van der Waals surface area contributed by atoms with E-state index in [1.165, 1.54) is 0 Å². The Kier molecular flexibility index (Phi) is 4.85. The Morgan fingerprint density at radius 2 is 1.47 bits per heavy atom. The monoisotopic (exact) mass is 279 g/mol. The van der Waals surface area contributed by atoms with Gasteiger partial charge in [-0.1, -0.05) is 0 Å². The van der Waals surface area contributed by atoms with Crippen LogP contribution in [0.25, 0.3) is 0 Å². The highest BCUT2D eigenvalue weighted by Gasteiger charge is 2.36. The first-order valence-corrected chi connectivity index (χ1v) is 4.13. The van der Waals surface area contributed by atoms with Crippen molar-refractivity contribution >= 4 is 12.4 Å². The molecule has 0 aliphatic heterocycles. The van der Waals surface area contributed by atoms with E-state index in [2.05, 4.69) is 0 Å². The van der Waals surface area contributed by atoms with Gasteiger partial charge < -0.3 is 5.73 Å². The molecule has 8 heteroatoms. The number of rotatable bonds is 1. The molecule has 0 atom stereocenters. The summed E-state index contributed by atoms with van der Waals surface area (Å²) in [7, 11) is 0. The van der Waals surface area contributed by atoms with Crippen molar-refractivity contribution in [2.45, 2.75) is 18.9 Å². The lowest BCUT2D eigenvalue weighted by molar-refractivity contribution is -0.141. The minimum absolute atomic E-state index is 0. The highest BCUT2D eigenvalue weighted by molar-refractivity contribution is 5.85. The van der Waals surface area contributed by atoms with Gasteiger partial charge in [-0.3, -0.25) is 0 Å². The van der Waals surface area contributed by atoms with Crippen LogP contribution in [0.15, 0.2) is 18.2 Å². The zero-order valence-corrected chi connectivity index (χ0v) is 9.01. The summed E-state index contributed by atoms with van der Waals surface area (Å²) in [6, 6.07) is 1.20. The maximum Gasteiger partial charge on any atom is 0.416 e. The van der Waals surface area contributed by atoms with E-state index < -0.39 is 35.6 Å². The summed E-state index contributed by atoms with van der Waals surface area (Å²) in [5.74, 6) is 0. The van der Waals surface area contributed by atoms with E-state index >= 15 is 0 Å². The van der Waals surface area contributed by atoms with Crippen molar-refractivity contribution < 1.29 is 26.3 Å². The number of halogens is 7. The Morgan fingerprint density at radius 1 is 0.941 bits per heavy atom. The second-order valence-corrected chi connectivity index (χ2v) is 3.07. The minimum atomic E-state index is -4.70. The third-order valence-electron chi connectivity index (χ3n) is 1.96. The zero-order chi connectivity index (χ0) is 12.6. The molecule has 1 aromatic carbocycles. The van der Waals surface area contributed by atoms with Crippen LogP contribution < -0.4 is 5.73 Å². The van der Waals surface area contributed by atoms with Crippen LogP contribution in [-0.4, -0.2) is 0 Å². The van der Waals surface area contributed by atoms with E-state index in [1.807, 2.05) is 0 Å². The summed E-state index contributed by atoms with van der Waals surface area (Å²) < 4.78 is 73.6. The molecule has 1 nitrogen and oxygen atoms in total. The predicted octanol–water partition coefficient (Wildman–Crippen LogP) is 3.60. The van der Waals surface area contributed by atoms with Gasteiger partial charge in [-0.25, -0.2) is 0 Å². The van der Waals surface area contributed by atoms with Crippen molar-refractivity contribution in [1.29, 1.82) is 0 Å². The molecule has 0 unspecified atom stereocenters. The fourth-order valence-corrected chi connectivity index (χ4v) is 1.22. The molecule has 0 amide bonds. The molecule has 0 spiro atoms. The topological polar surface area (TPSA) is 26.0 Å². The lowest BCUT2D eigenvalue weighted by Gasteiger charge is -2.14. The summed E-state index contributed by atoms with van der Waals surface area (Å²) >= 11 is 0. The highest BCUT2D eigenvalue weighted by Crippen LogP contribution is 2.36. The van der Waals surface area contributed by atoms with E-state index in [1.54, 1.807) is 0 Å². The number of alkyl halides is 6. The van der Waals surface area contributed by atoms with Crippen LogP contribution in [0.5, 0.6) is 0 Å². The maximum absolute atomic E-state index is 12.3. The van der Waals surface area contributed by atoms with Crippen LogP contribution in [-0.2, 0) is 18.9 Å². The third-order valence-corrected chi connectivity index (χ3v) is 1.96. The molecule has 0 saturated carbocycles. The van der Waals surface area contributed by atoms with Gasteiger partial charge in [0.15, 0.2) is 0 Å². The summed E-state index contributed by atoms with van der Waals surface area (Å²) in [4.78, 5) is 0. The van der Waals surface area contributed by atoms with Gasteiger partial charge in [0.25, 0.3) is 0 Å². The van der Waals surface area contributed by atoms with Gasteiger partial charge >= 0.3 is 12.4 Å². The number of benzene rings is 1. The second-order valence-electron chi connectivity index (χ2n) is 3.07. The third kappa shape index (κ3) is 3.78. The lowest BCUT2D eigenvalue weighted by Crippen LogP contribution is -2.14. The fourth-order valence-electron chi connectivity index (χ4n) is 1.22. The molecule has 0 heterocycles. The molecular formula is C9H8ClF6N. The summed E-state index contributed by atoms with van der Waals surface area (Å²) in [5.41, 5.74) is 2.15. The highest BCUT2D eigenvalue weighted by atomic mass is 35.5. The molecule has 17 heavy (non-hydrogen) atoms. The summed E-state index contributed by atoms with van der Waals surface area (Å²) in [6.07, 6.45) is -9.37. The van der Waals surface area contributed by atoms with Gasteiger partial charge in [-0.05, 0) is 23.8 Å². The number of hydrogen-bond donors (Lipinski definition) is 1. The Labute approximate surface area is 99.0 Å². The average Bonchev–Trinajstić information content (AvgIpc) is 2.14. The number of hydrogen-bond acceptors (Lipinski definition) is 1. The average molecular weight is 280 g/mol. The van der Waals surface area contributed by atoms with E-state index in [-0.39, 0.29) is 12.4 Å². The second kappa shape index (κ2) is 5.14. The molecule has 0 aliphatic carbocycles. The van der Waals surface area contributed by atoms with Crippen molar-refractivity contribution in [2.24, 2.45) is 5.73 Å². The van der Waals surface area contributed by atoms with E-state index in [0.29, 0.717) is 18.2 Å². The van der Waals surface area contributed by atoms with Crippen molar-refractivity contribution in [3.63, 3.8) is 0 Å². The fraction of sp³-hybridized carbons (Fsp3) is 0.333. The smallest absolute Gasteiger partial charge is 0.326 e. The van der Waals surface area contributed by atoms with Gasteiger partial charge in [-0.15, -0.1) is 12.4 Å². The van der Waals surface area contributed by atoms with Gasteiger partial charge in [0.2, 0.25) is 0 Å². The van der Waals surface area contributed by atoms with Crippen molar-refractivity contribution in [3.05, 3.63) is 34.9 Å². The Balaban J connectivity index is 0.00000256. The Hall–Kier alpha value is -0.950. The first-order valence-electron chi connectivity index (χ1n) is 4.13. The molecule has 0 bridgehead atoms. The predicted molar refractivity (Wildman–Crippen MR) is 51.6 cm³/mol. The summed E-state index contributed by atoms with van der Waals surface area (Å²) in [6.45, 7) is -0.598. The normalized spacial score (nSPS) is 12.2. The first-order chi connectivity index (χ1) is 7.16. The van der Waals surface area contributed by atoms with Crippen LogP contribution in [0, 0.1) is 0 Å². The quantitative estimate of drug-likeness (QED) is 0.781. The van der Waals surface area contributed by atoms with E-state index in [4.69, 9.17) is 5.73 Å². The first kappa shape index (κ1) is 16.1. The molecule has 0 fully saturated rings. The largest absolute Gasteiger partial charge is 0.416 e. The van der Waals surface area contributed by atoms with Gasteiger partial charge in [0.05, 0.1) is 11.1 Å². The molecule has 0 aromatic heterocycles. The van der Waals surface area contributed by atoms with Crippen LogP contribution >= 0.6 is 12.4 Å². The molecule has 98 valence electrons. The molecule has 1 aromatic rings. The molecule has 0 aliphatic rings. The molecule has 0 radical (unpaired) electrons. The van der Waals surface area contributed by atoms with Crippen LogP contribution in [0.3, 0.4) is 0 Å². The van der Waals surface area contributed by atoms with Crippen molar-refractivity contribution in [3.8, 4) is 0 Å². The summed E-state index contributed by atoms with van der Waals surface area (Å²) in [5, 5.41) is 0. The Bertz CT molecular complexity index is 384. The number of nitrogens with two attached hydrogens (primary N) is 1. The van der Waals surface area contributed by atoms with E-state index in [0.717, 1.165) is 0 Å². The molecule has 2 N–H and O–H groups in total. The Morgan fingerprint density at radius 3 is 1.82 bits per heavy atom. The molecular weight excluding hydrogens is 272 g/mol. The van der Waals surface area contributed by atoms with Crippen LogP contribution in [0.1, 0.15) is 16.7 Å². The molecule has 1 rings (SSSR count). The van der Waals surface area contributed by atoms with E-state index in [9.17, 15) is 26.3 Å². The lowest BCUT2D eigenvalue weighted by atomic mass is 10.0. The van der Waals surface area contributed by atoms with Crippen molar-refractivity contribution in [2.75, 3.05) is 0 Å². The maximum atomic E-state index is 12.3. The SMILES string of the molecule is Cl.NCc1cc(C(F)(F)F)ccc1C(F)(F)F. The van der Waals surface area contributed by atoms with Gasteiger partial charge in [0, 0.05) is 6.54 Å². The van der Waals surface area contributed by atoms with Gasteiger partial charge in [0.1, 0.15) is 0 Å². The van der Waals surface area contributed by atoms with Gasteiger partial charge in [-0.2, -0.15) is 26.3 Å². The van der Waals surface area contributed by atoms with Crippen LogP contribution in [0.2, 0.25) is 0 Å². The molecule has 0 saturated heterocycles. The van der Waals surface area contributed by atoms with Crippen LogP contribution in [0.4, 0.5) is 26.3 Å².